The lowest BCUT2D eigenvalue weighted by Crippen LogP contribution is -2.23. The maximum atomic E-state index is 12.3. The first-order valence-corrected chi connectivity index (χ1v) is 8.31. The molecule has 0 spiro atoms. The van der Waals surface area contributed by atoms with Crippen LogP contribution in [0.15, 0.2) is 48.5 Å². The maximum absolute atomic E-state index is 12.3. The zero-order valence-corrected chi connectivity index (χ0v) is 14.8. The van der Waals surface area contributed by atoms with Gasteiger partial charge in [0, 0.05) is 24.7 Å². The van der Waals surface area contributed by atoms with Crippen molar-refractivity contribution in [3.8, 4) is 5.75 Å². The number of ether oxygens (including phenoxy) is 1. The van der Waals surface area contributed by atoms with Crippen molar-refractivity contribution in [3.63, 3.8) is 0 Å². The van der Waals surface area contributed by atoms with Gasteiger partial charge in [-0.25, -0.2) is 0 Å². The van der Waals surface area contributed by atoms with Crippen LogP contribution in [0.1, 0.15) is 40.1 Å². The molecule has 5 heteroatoms. The molecule has 2 aromatic carbocycles. The number of amides is 2. The number of benzene rings is 2. The van der Waals surface area contributed by atoms with Gasteiger partial charge in [-0.15, -0.1) is 0 Å². The summed E-state index contributed by atoms with van der Waals surface area (Å²) in [6, 6.07) is 14.3. The molecule has 2 rings (SSSR count). The van der Waals surface area contributed by atoms with E-state index in [-0.39, 0.29) is 11.8 Å². The van der Waals surface area contributed by atoms with Crippen LogP contribution in [0.4, 0.5) is 0 Å². The second-order valence-electron chi connectivity index (χ2n) is 6.19. The minimum Gasteiger partial charge on any atom is -0.493 e. The summed E-state index contributed by atoms with van der Waals surface area (Å²) >= 11 is 0. The van der Waals surface area contributed by atoms with Crippen molar-refractivity contribution in [1.29, 1.82) is 0 Å². The lowest BCUT2D eigenvalue weighted by Gasteiger charge is -2.10. The third-order valence-corrected chi connectivity index (χ3v) is 3.58. The molecule has 0 aromatic heterocycles. The predicted molar refractivity (Wildman–Crippen MR) is 97.8 cm³/mol. The Bertz CT molecular complexity index is 724. The molecule has 25 heavy (non-hydrogen) atoms. The highest BCUT2D eigenvalue weighted by molar-refractivity contribution is 5.95. The van der Waals surface area contributed by atoms with Crippen molar-refractivity contribution >= 4 is 11.8 Å². The molecule has 0 atom stereocenters. The Kier molecular flexibility index (Phi) is 6.57. The van der Waals surface area contributed by atoms with E-state index in [0.29, 0.717) is 35.9 Å². The highest BCUT2D eigenvalue weighted by Gasteiger charge is 2.08. The second kappa shape index (κ2) is 8.87. The molecule has 0 heterocycles. The average Bonchev–Trinajstić information content (AvgIpc) is 2.64. The van der Waals surface area contributed by atoms with Crippen LogP contribution in [0.5, 0.6) is 5.75 Å². The van der Waals surface area contributed by atoms with Gasteiger partial charge in [0.05, 0.1) is 6.61 Å². The van der Waals surface area contributed by atoms with Gasteiger partial charge in [0.15, 0.2) is 0 Å². The molecule has 0 aliphatic carbocycles. The van der Waals surface area contributed by atoms with E-state index in [1.807, 2.05) is 24.3 Å². The molecule has 0 saturated carbocycles. The minimum absolute atomic E-state index is 0.131. The van der Waals surface area contributed by atoms with E-state index in [1.54, 1.807) is 31.3 Å². The number of hydrogen-bond donors (Lipinski definition) is 2. The summed E-state index contributed by atoms with van der Waals surface area (Å²) in [6.45, 7) is 5.16. The normalized spacial score (nSPS) is 10.4. The Hall–Kier alpha value is -2.82. The van der Waals surface area contributed by atoms with E-state index in [0.717, 1.165) is 5.56 Å². The number of carbonyl (C=O) groups excluding carboxylic acids is 2. The fraction of sp³-hybridized carbons (Fsp3) is 0.300. The molecule has 0 fully saturated rings. The Labute approximate surface area is 148 Å². The van der Waals surface area contributed by atoms with Gasteiger partial charge in [0.2, 0.25) is 0 Å². The quantitative estimate of drug-likeness (QED) is 0.814. The van der Waals surface area contributed by atoms with Crippen LogP contribution in [0.2, 0.25) is 0 Å². The highest BCUT2D eigenvalue weighted by atomic mass is 16.5. The Balaban J connectivity index is 1.93. The van der Waals surface area contributed by atoms with Crippen LogP contribution >= 0.6 is 0 Å². The third-order valence-electron chi connectivity index (χ3n) is 3.58. The van der Waals surface area contributed by atoms with Gasteiger partial charge < -0.3 is 15.4 Å². The fourth-order valence-corrected chi connectivity index (χ4v) is 2.19. The number of carbonyl (C=O) groups is 2. The Morgan fingerprint density at radius 3 is 2.36 bits per heavy atom. The molecule has 2 amide bonds. The molecular formula is C20H24N2O3. The van der Waals surface area contributed by atoms with E-state index < -0.39 is 0 Å². The van der Waals surface area contributed by atoms with Crippen molar-refractivity contribution in [2.24, 2.45) is 5.92 Å². The first-order chi connectivity index (χ1) is 12.0. The Morgan fingerprint density at radius 2 is 1.72 bits per heavy atom. The van der Waals surface area contributed by atoms with E-state index in [9.17, 15) is 9.59 Å². The second-order valence-corrected chi connectivity index (χ2v) is 6.19. The molecule has 2 aromatic rings. The van der Waals surface area contributed by atoms with E-state index in [1.165, 1.54) is 0 Å². The molecule has 0 unspecified atom stereocenters. The van der Waals surface area contributed by atoms with Crippen LogP contribution < -0.4 is 15.4 Å². The molecule has 2 N–H and O–H groups in total. The van der Waals surface area contributed by atoms with Crippen LogP contribution in [0.3, 0.4) is 0 Å². The lowest BCUT2D eigenvalue weighted by molar-refractivity contribution is 0.0945. The zero-order valence-electron chi connectivity index (χ0n) is 14.8. The van der Waals surface area contributed by atoms with Gasteiger partial charge in [0.25, 0.3) is 11.8 Å². The topological polar surface area (TPSA) is 67.4 Å². The highest BCUT2D eigenvalue weighted by Crippen LogP contribution is 2.14. The largest absolute Gasteiger partial charge is 0.493 e. The van der Waals surface area contributed by atoms with Gasteiger partial charge in [-0.1, -0.05) is 32.0 Å². The fourth-order valence-electron chi connectivity index (χ4n) is 2.19. The smallest absolute Gasteiger partial charge is 0.251 e. The van der Waals surface area contributed by atoms with E-state index in [2.05, 4.69) is 24.5 Å². The Morgan fingerprint density at radius 1 is 1.00 bits per heavy atom. The van der Waals surface area contributed by atoms with Crippen LogP contribution in [-0.2, 0) is 6.54 Å². The molecule has 0 bridgehead atoms. The molecule has 0 aliphatic heterocycles. The SMILES string of the molecule is CNC(=O)c1ccc(CNC(=O)c2cccc(OCC(C)C)c2)cc1. The van der Waals surface area contributed by atoms with Crippen molar-refractivity contribution in [1.82, 2.24) is 10.6 Å². The van der Waals surface area contributed by atoms with Crippen LogP contribution in [-0.4, -0.2) is 25.5 Å². The van der Waals surface area contributed by atoms with Gasteiger partial charge in [-0.2, -0.15) is 0 Å². The summed E-state index contributed by atoms with van der Waals surface area (Å²) in [5.41, 5.74) is 2.07. The number of rotatable bonds is 7. The number of nitrogens with one attached hydrogen (secondary N) is 2. The maximum Gasteiger partial charge on any atom is 0.251 e. The molecular weight excluding hydrogens is 316 g/mol. The summed E-state index contributed by atoms with van der Waals surface area (Å²) in [6.07, 6.45) is 0. The van der Waals surface area contributed by atoms with Crippen molar-refractivity contribution in [2.75, 3.05) is 13.7 Å². The van der Waals surface area contributed by atoms with Gasteiger partial charge >= 0.3 is 0 Å². The van der Waals surface area contributed by atoms with E-state index >= 15 is 0 Å². The number of hydrogen-bond acceptors (Lipinski definition) is 3. The van der Waals surface area contributed by atoms with Gasteiger partial charge in [0.1, 0.15) is 5.75 Å². The summed E-state index contributed by atoms with van der Waals surface area (Å²) in [5.74, 6) is 0.825. The molecule has 0 saturated heterocycles. The van der Waals surface area contributed by atoms with E-state index in [4.69, 9.17) is 4.74 Å². The van der Waals surface area contributed by atoms with Crippen LogP contribution in [0.25, 0.3) is 0 Å². The molecule has 5 nitrogen and oxygen atoms in total. The minimum atomic E-state index is -0.162. The first kappa shape index (κ1) is 18.5. The van der Waals surface area contributed by atoms with Crippen molar-refractivity contribution < 1.29 is 14.3 Å². The molecule has 0 radical (unpaired) electrons. The summed E-state index contributed by atoms with van der Waals surface area (Å²) in [5, 5.41) is 5.45. The monoisotopic (exact) mass is 340 g/mol. The third kappa shape index (κ3) is 5.64. The van der Waals surface area contributed by atoms with Gasteiger partial charge in [-0.3, -0.25) is 9.59 Å². The summed E-state index contributed by atoms with van der Waals surface area (Å²) in [7, 11) is 1.59. The standard InChI is InChI=1S/C20H24N2O3/c1-14(2)13-25-18-6-4-5-17(11-18)20(24)22-12-15-7-9-16(10-8-15)19(23)21-3/h4-11,14H,12-13H2,1-3H3,(H,21,23)(H,22,24). The van der Waals surface area contributed by atoms with Gasteiger partial charge in [-0.05, 0) is 41.8 Å². The summed E-state index contributed by atoms with van der Waals surface area (Å²) < 4.78 is 5.65. The molecule has 132 valence electrons. The summed E-state index contributed by atoms with van der Waals surface area (Å²) in [4.78, 5) is 23.8. The predicted octanol–water partition coefficient (Wildman–Crippen LogP) is 3.01. The van der Waals surface area contributed by atoms with Crippen molar-refractivity contribution in [3.05, 3.63) is 65.2 Å². The average molecular weight is 340 g/mol. The van der Waals surface area contributed by atoms with Crippen LogP contribution in [0, 0.1) is 5.92 Å². The lowest BCUT2D eigenvalue weighted by atomic mass is 10.1. The zero-order chi connectivity index (χ0) is 18.2. The molecule has 0 aliphatic rings. The van der Waals surface area contributed by atoms with Crippen molar-refractivity contribution in [2.45, 2.75) is 20.4 Å². The first-order valence-electron chi connectivity index (χ1n) is 8.31.